The first kappa shape index (κ1) is 22.5. The van der Waals surface area contributed by atoms with Crippen LogP contribution in [0.25, 0.3) is 0 Å². The number of thioether (sulfide) groups is 2. The van der Waals surface area contributed by atoms with E-state index in [1.807, 2.05) is 60.8 Å². The van der Waals surface area contributed by atoms with Gasteiger partial charge in [0.05, 0.1) is 4.58 Å². The number of piperazine rings is 1. The minimum absolute atomic E-state index is 0.356. The molecule has 2 aliphatic heterocycles. The molecule has 2 fully saturated rings. The average molecular weight is 479 g/mol. The van der Waals surface area contributed by atoms with Gasteiger partial charge in [0.25, 0.3) is 0 Å². The summed E-state index contributed by atoms with van der Waals surface area (Å²) in [6.07, 6.45) is 0. The van der Waals surface area contributed by atoms with Crippen LogP contribution in [-0.2, 0) is 14.8 Å². The maximum Gasteiger partial charge on any atom is 0.327 e. The van der Waals surface area contributed by atoms with Gasteiger partial charge in [-0.3, -0.25) is 4.79 Å². The molecule has 0 spiro atoms. The summed E-state index contributed by atoms with van der Waals surface area (Å²) >= 11 is 3.81. The van der Waals surface area contributed by atoms with Gasteiger partial charge >= 0.3 is 5.97 Å². The van der Waals surface area contributed by atoms with Gasteiger partial charge < -0.3 is 9.64 Å². The molecule has 0 radical (unpaired) electrons. The fourth-order valence-electron chi connectivity index (χ4n) is 3.69. The van der Waals surface area contributed by atoms with Gasteiger partial charge in [-0.25, -0.2) is 8.42 Å². The van der Waals surface area contributed by atoms with Crippen molar-refractivity contribution >= 4 is 45.2 Å². The highest BCUT2D eigenvalue weighted by Gasteiger charge is 2.30. The first-order valence-corrected chi connectivity index (χ1v) is 13.9. The maximum atomic E-state index is 12.7. The number of benzene rings is 2. The Balaban J connectivity index is 1.29. The summed E-state index contributed by atoms with van der Waals surface area (Å²) in [5.41, 5.74) is 3.45. The molecule has 0 saturated carbocycles. The van der Waals surface area contributed by atoms with Gasteiger partial charge in [-0.2, -0.15) is 4.31 Å². The van der Waals surface area contributed by atoms with E-state index in [1.165, 1.54) is 15.4 Å². The van der Waals surface area contributed by atoms with Gasteiger partial charge in [0, 0.05) is 43.4 Å². The van der Waals surface area contributed by atoms with Gasteiger partial charge in [-0.15, -0.1) is 23.5 Å². The van der Waals surface area contributed by atoms with E-state index in [4.69, 9.17) is 4.74 Å². The Hall–Kier alpha value is -1.68. The highest BCUT2D eigenvalue weighted by molar-refractivity contribution is 8.19. The zero-order chi connectivity index (χ0) is 21.8. The van der Waals surface area contributed by atoms with E-state index in [1.54, 1.807) is 12.1 Å². The third-order valence-corrected chi connectivity index (χ3v) is 10.2. The van der Waals surface area contributed by atoms with Crippen LogP contribution in [0.15, 0.2) is 48.5 Å². The second-order valence-electron chi connectivity index (χ2n) is 7.60. The Labute approximate surface area is 192 Å². The Morgan fingerprint density at radius 2 is 1.71 bits per heavy atom. The van der Waals surface area contributed by atoms with E-state index < -0.39 is 21.7 Å². The predicted octanol–water partition coefficient (Wildman–Crippen LogP) is 3.53. The standard InChI is InChI=1S/C22H26N2O4S3/c1-17-3-2-4-19(15-17)23-9-11-24(12-10-23)31(26,27)16-21(25)28-20-7-5-18(6-8-20)22-29-13-14-30-22/h2-8,15,22H,9-14,16H2,1H3. The summed E-state index contributed by atoms with van der Waals surface area (Å²) in [6.45, 7) is 3.94. The van der Waals surface area contributed by atoms with E-state index in [9.17, 15) is 13.2 Å². The molecule has 2 aromatic rings. The van der Waals surface area contributed by atoms with E-state index in [0.717, 1.165) is 17.2 Å². The number of esters is 1. The fourth-order valence-corrected chi connectivity index (χ4v) is 7.81. The highest BCUT2D eigenvalue weighted by atomic mass is 32.2. The molecule has 0 unspecified atom stereocenters. The van der Waals surface area contributed by atoms with Crippen molar-refractivity contribution in [2.24, 2.45) is 0 Å². The molecule has 9 heteroatoms. The van der Waals surface area contributed by atoms with Crippen molar-refractivity contribution < 1.29 is 17.9 Å². The second kappa shape index (κ2) is 9.85. The van der Waals surface area contributed by atoms with Crippen molar-refractivity contribution in [1.82, 2.24) is 4.31 Å². The van der Waals surface area contributed by atoms with Crippen LogP contribution in [0, 0.1) is 6.92 Å². The van der Waals surface area contributed by atoms with Crippen molar-refractivity contribution in [3.8, 4) is 5.75 Å². The number of rotatable bonds is 6. The Morgan fingerprint density at radius 1 is 1.03 bits per heavy atom. The van der Waals surface area contributed by atoms with Crippen molar-refractivity contribution in [1.29, 1.82) is 0 Å². The first-order chi connectivity index (χ1) is 14.9. The zero-order valence-corrected chi connectivity index (χ0v) is 19.8. The molecule has 0 amide bonds. The monoisotopic (exact) mass is 478 g/mol. The van der Waals surface area contributed by atoms with Crippen molar-refractivity contribution in [3.63, 3.8) is 0 Å². The Morgan fingerprint density at radius 3 is 2.35 bits per heavy atom. The number of anilines is 1. The van der Waals surface area contributed by atoms with Crippen LogP contribution in [0.2, 0.25) is 0 Å². The summed E-state index contributed by atoms with van der Waals surface area (Å²) < 4.78 is 32.5. The SMILES string of the molecule is Cc1cccc(N2CCN(S(=O)(=O)CC(=O)Oc3ccc(C4SCCS4)cc3)CC2)c1. The zero-order valence-electron chi connectivity index (χ0n) is 17.4. The first-order valence-electron chi connectivity index (χ1n) is 10.2. The van der Waals surface area contributed by atoms with Crippen molar-refractivity contribution in [3.05, 3.63) is 59.7 Å². The molecule has 0 atom stereocenters. The molecule has 2 heterocycles. The van der Waals surface area contributed by atoms with Crippen molar-refractivity contribution in [2.45, 2.75) is 11.5 Å². The quantitative estimate of drug-likeness (QED) is 0.465. The van der Waals surface area contributed by atoms with Crippen LogP contribution < -0.4 is 9.64 Å². The van der Waals surface area contributed by atoms with Gasteiger partial charge in [-0.05, 0) is 42.3 Å². The molecule has 0 aromatic heterocycles. The summed E-state index contributed by atoms with van der Waals surface area (Å²) in [5, 5.41) is 0. The average Bonchev–Trinajstić information content (AvgIpc) is 3.29. The van der Waals surface area contributed by atoms with Crippen LogP contribution in [0.3, 0.4) is 0 Å². The molecule has 0 N–H and O–H groups in total. The van der Waals surface area contributed by atoms with Crippen LogP contribution in [0.5, 0.6) is 5.75 Å². The maximum absolute atomic E-state index is 12.7. The lowest BCUT2D eigenvalue weighted by atomic mass is 10.2. The molecule has 31 heavy (non-hydrogen) atoms. The van der Waals surface area contributed by atoms with Crippen LogP contribution in [0.1, 0.15) is 15.7 Å². The lowest BCUT2D eigenvalue weighted by Gasteiger charge is -2.35. The Kier molecular flexibility index (Phi) is 7.15. The predicted molar refractivity (Wildman–Crippen MR) is 128 cm³/mol. The van der Waals surface area contributed by atoms with E-state index in [0.29, 0.717) is 36.5 Å². The number of hydrogen-bond donors (Lipinski definition) is 0. The molecular formula is C22H26N2O4S3. The fraction of sp³-hybridized carbons (Fsp3) is 0.409. The van der Waals surface area contributed by atoms with Crippen molar-refractivity contribution in [2.75, 3.05) is 48.3 Å². The molecule has 166 valence electrons. The minimum atomic E-state index is -3.71. The molecule has 6 nitrogen and oxygen atoms in total. The van der Waals surface area contributed by atoms with E-state index in [-0.39, 0.29) is 0 Å². The number of hydrogen-bond acceptors (Lipinski definition) is 7. The molecule has 0 bridgehead atoms. The number of carbonyl (C=O) groups is 1. The lowest BCUT2D eigenvalue weighted by Crippen LogP contribution is -2.50. The van der Waals surface area contributed by atoms with Gasteiger partial charge in [0.15, 0.2) is 5.75 Å². The number of sulfonamides is 1. The third-order valence-electron chi connectivity index (χ3n) is 5.30. The van der Waals surface area contributed by atoms with Crippen LogP contribution in [0.4, 0.5) is 5.69 Å². The largest absolute Gasteiger partial charge is 0.426 e. The summed E-state index contributed by atoms with van der Waals surface area (Å²) in [7, 11) is -3.71. The van der Waals surface area contributed by atoms with E-state index in [2.05, 4.69) is 11.0 Å². The molecule has 2 saturated heterocycles. The van der Waals surface area contributed by atoms with Gasteiger partial charge in [0.1, 0.15) is 5.75 Å². The van der Waals surface area contributed by atoms with Gasteiger partial charge in [-0.1, -0.05) is 24.3 Å². The number of carbonyl (C=O) groups excluding carboxylic acids is 1. The molecular weight excluding hydrogens is 452 g/mol. The highest BCUT2D eigenvalue weighted by Crippen LogP contribution is 2.45. The van der Waals surface area contributed by atoms with Gasteiger partial charge in [0.2, 0.25) is 10.0 Å². The summed E-state index contributed by atoms with van der Waals surface area (Å²) in [5.74, 6) is 1.26. The number of nitrogens with zero attached hydrogens (tertiary/aromatic N) is 2. The topological polar surface area (TPSA) is 66.9 Å². The molecule has 0 aliphatic carbocycles. The Bertz CT molecular complexity index is 1010. The number of ether oxygens (including phenoxy) is 1. The number of aryl methyl sites for hydroxylation is 1. The third kappa shape index (κ3) is 5.77. The minimum Gasteiger partial charge on any atom is -0.426 e. The molecule has 2 aromatic carbocycles. The summed E-state index contributed by atoms with van der Waals surface area (Å²) in [6, 6.07) is 15.5. The molecule has 2 aliphatic rings. The smallest absolute Gasteiger partial charge is 0.327 e. The van der Waals surface area contributed by atoms with Crippen LogP contribution in [-0.4, -0.2) is 62.1 Å². The molecule has 4 rings (SSSR count). The lowest BCUT2D eigenvalue weighted by molar-refractivity contribution is -0.131. The second-order valence-corrected chi connectivity index (χ2v) is 12.3. The normalized spacial score (nSPS) is 18.3. The summed E-state index contributed by atoms with van der Waals surface area (Å²) in [4.78, 5) is 14.5. The van der Waals surface area contributed by atoms with E-state index >= 15 is 0 Å². The van der Waals surface area contributed by atoms with Crippen LogP contribution >= 0.6 is 23.5 Å².